The van der Waals surface area contributed by atoms with E-state index in [1.165, 1.54) is 56.5 Å². The SMILES string of the molecule is CCCCn1c2ccccc2c2cc(CN(CCCCN)Cc3cc4c5ccccc5n(CCCC)c4c(C)n3)nc(C)c21. The Morgan fingerprint density at radius 3 is 1.57 bits per heavy atom. The third kappa shape index (κ3) is 5.85. The number of benzene rings is 2. The summed E-state index contributed by atoms with van der Waals surface area (Å²) in [5.74, 6) is 0. The Morgan fingerprint density at radius 1 is 0.636 bits per heavy atom. The van der Waals surface area contributed by atoms with Crippen LogP contribution in [0.1, 0.15) is 75.1 Å². The van der Waals surface area contributed by atoms with E-state index in [-0.39, 0.29) is 0 Å². The van der Waals surface area contributed by atoms with Crippen LogP contribution < -0.4 is 5.73 Å². The van der Waals surface area contributed by atoms with Gasteiger partial charge in [0.15, 0.2) is 0 Å². The number of fused-ring (bicyclic) bond motifs is 6. The molecule has 0 radical (unpaired) electrons. The number of hydrogen-bond acceptors (Lipinski definition) is 4. The number of unbranched alkanes of at least 4 members (excludes halogenated alkanes) is 3. The Labute approximate surface area is 261 Å². The molecule has 2 N–H and O–H groups in total. The van der Waals surface area contributed by atoms with Gasteiger partial charge in [-0.1, -0.05) is 63.1 Å². The second-order valence-electron chi connectivity index (χ2n) is 12.4. The Hall–Kier alpha value is -3.74. The summed E-state index contributed by atoms with van der Waals surface area (Å²) >= 11 is 0. The highest BCUT2D eigenvalue weighted by Gasteiger charge is 2.19. The Morgan fingerprint density at radius 2 is 1.11 bits per heavy atom. The van der Waals surface area contributed by atoms with Crippen molar-refractivity contribution in [3.05, 3.63) is 83.4 Å². The first-order valence-electron chi connectivity index (χ1n) is 16.7. The number of pyridine rings is 2. The van der Waals surface area contributed by atoms with Gasteiger partial charge in [0.2, 0.25) is 0 Å². The number of hydrogen-bond donors (Lipinski definition) is 1. The lowest BCUT2D eigenvalue weighted by Crippen LogP contribution is -2.26. The zero-order valence-electron chi connectivity index (χ0n) is 27.1. The molecule has 0 saturated carbocycles. The first-order chi connectivity index (χ1) is 21.5. The first-order valence-corrected chi connectivity index (χ1v) is 16.7. The van der Waals surface area contributed by atoms with Crippen molar-refractivity contribution in [1.29, 1.82) is 0 Å². The van der Waals surface area contributed by atoms with Gasteiger partial charge in [0.1, 0.15) is 0 Å². The smallest absolute Gasteiger partial charge is 0.0707 e. The Kier molecular flexibility index (Phi) is 9.29. The van der Waals surface area contributed by atoms with Gasteiger partial charge in [-0.05, 0) is 76.9 Å². The van der Waals surface area contributed by atoms with E-state index in [0.29, 0.717) is 0 Å². The molecule has 6 heteroatoms. The van der Waals surface area contributed by atoms with Gasteiger partial charge in [-0.2, -0.15) is 0 Å². The lowest BCUT2D eigenvalue weighted by molar-refractivity contribution is 0.246. The van der Waals surface area contributed by atoms with E-state index in [4.69, 9.17) is 15.7 Å². The van der Waals surface area contributed by atoms with Crippen molar-refractivity contribution in [3.8, 4) is 0 Å². The molecule has 44 heavy (non-hydrogen) atoms. The Balaban J connectivity index is 1.37. The maximum atomic E-state index is 5.92. The summed E-state index contributed by atoms with van der Waals surface area (Å²) in [6, 6.07) is 22.3. The highest BCUT2D eigenvalue weighted by molar-refractivity contribution is 6.09. The molecule has 0 bridgehead atoms. The summed E-state index contributed by atoms with van der Waals surface area (Å²) in [5.41, 5.74) is 15.6. The summed E-state index contributed by atoms with van der Waals surface area (Å²) in [5, 5.41) is 5.28. The number of rotatable bonds is 14. The van der Waals surface area contributed by atoms with Crippen molar-refractivity contribution >= 4 is 43.6 Å². The maximum absolute atomic E-state index is 5.92. The van der Waals surface area contributed by atoms with Crippen molar-refractivity contribution in [3.63, 3.8) is 0 Å². The number of aryl methyl sites for hydroxylation is 4. The minimum atomic E-state index is 0.717. The molecule has 6 rings (SSSR count). The van der Waals surface area contributed by atoms with E-state index in [2.05, 4.69) is 102 Å². The Bertz CT molecular complexity index is 1760. The van der Waals surface area contributed by atoms with Crippen molar-refractivity contribution in [1.82, 2.24) is 24.0 Å². The molecule has 0 atom stereocenters. The molecule has 0 aliphatic carbocycles. The third-order valence-electron chi connectivity index (χ3n) is 9.12. The highest BCUT2D eigenvalue weighted by atomic mass is 15.1. The van der Waals surface area contributed by atoms with Crippen LogP contribution in [0, 0.1) is 13.8 Å². The van der Waals surface area contributed by atoms with Crippen LogP contribution in [0.3, 0.4) is 0 Å². The molecule has 6 nitrogen and oxygen atoms in total. The summed E-state index contributed by atoms with van der Waals surface area (Å²) in [4.78, 5) is 12.9. The summed E-state index contributed by atoms with van der Waals surface area (Å²) in [7, 11) is 0. The van der Waals surface area contributed by atoms with Gasteiger partial charge < -0.3 is 14.9 Å². The number of aromatic nitrogens is 4. The molecule has 0 saturated heterocycles. The van der Waals surface area contributed by atoms with E-state index in [1.807, 2.05) is 0 Å². The van der Waals surface area contributed by atoms with Crippen LogP contribution in [-0.4, -0.2) is 37.1 Å². The zero-order valence-corrected chi connectivity index (χ0v) is 27.1. The van der Waals surface area contributed by atoms with E-state index < -0.39 is 0 Å². The molecule has 0 spiro atoms. The molecule has 230 valence electrons. The summed E-state index contributed by atoms with van der Waals surface area (Å²) in [6.45, 7) is 14.2. The minimum absolute atomic E-state index is 0.717. The molecule has 6 aromatic rings. The van der Waals surface area contributed by atoms with E-state index in [0.717, 1.165) is 87.7 Å². The molecule has 0 fully saturated rings. The van der Waals surface area contributed by atoms with Crippen LogP contribution in [0.2, 0.25) is 0 Å². The first kappa shape index (κ1) is 30.3. The molecule has 4 aromatic heterocycles. The lowest BCUT2D eigenvalue weighted by atomic mass is 10.1. The standard InChI is InChI=1S/C38H48N6/c1-5-7-21-43-35-17-11-9-15-31(35)33-23-29(40-27(3)37(33)43)25-42(20-14-13-19-39)26-30-24-34-32-16-10-12-18-36(32)44(22-8-6-2)38(34)28(4)41-30/h9-12,15-18,23-24H,5-8,13-14,19-22,25-26,39H2,1-4H3. The summed E-state index contributed by atoms with van der Waals surface area (Å²) in [6.07, 6.45) is 6.76. The third-order valence-corrected chi connectivity index (χ3v) is 9.12. The monoisotopic (exact) mass is 588 g/mol. The fourth-order valence-electron chi connectivity index (χ4n) is 7.08. The predicted octanol–water partition coefficient (Wildman–Crippen LogP) is 8.65. The van der Waals surface area contributed by atoms with Gasteiger partial charge in [0, 0.05) is 58.8 Å². The van der Waals surface area contributed by atoms with Crippen LogP contribution in [0.25, 0.3) is 43.6 Å². The molecular weight excluding hydrogens is 540 g/mol. The average molecular weight is 589 g/mol. The zero-order chi connectivity index (χ0) is 30.6. The fourth-order valence-corrected chi connectivity index (χ4v) is 7.08. The summed E-state index contributed by atoms with van der Waals surface area (Å²) < 4.78 is 4.97. The number of nitrogens with zero attached hydrogens (tertiary/aromatic N) is 5. The molecule has 0 aliphatic heterocycles. The van der Waals surface area contributed by atoms with Gasteiger partial charge in [0.25, 0.3) is 0 Å². The average Bonchev–Trinajstić information content (AvgIpc) is 3.52. The fraction of sp³-hybridized carbons (Fsp3) is 0.421. The minimum Gasteiger partial charge on any atom is -0.339 e. The quantitative estimate of drug-likeness (QED) is 0.129. The van der Waals surface area contributed by atoms with Gasteiger partial charge in [-0.25, -0.2) is 0 Å². The van der Waals surface area contributed by atoms with Gasteiger partial charge in [0.05, 0.1) is 33.8 Å². The maximum Gasteiger partial charge on any atom is 0.0707 e. The number of nitrogens with two attached hydrogens (primary N) is 1. The molecule has 0 aliphatic rings. The molecule has 0 amide bonds. The van der Waals surface area contributed by atoms with E-state index in [9.17, 15) is 0 Å². The van der Waals surface area contributed by atoms with Crippen LogP contribution in [0.15, 0.2) is 60.7 Å². The largest absolute Gasteiger partial charge is 0.339 e. The highest BCUT2D eigenvalue weighted by Crippen LogP contribution is 2.33. The van der Waals surface area contributed by atoms with Crippen molar-refractivity contribution in [2.75, 3.05) is 13.1 Å². The molecular formula is C38H48N6. The molecule has 2 aromatic carbocycles. The van der Waals surface area contributed by atoms with E-state index >= 15 is 0 Å². The molecule has 0 unspecified atom stereocenters. The van der Waals surface area contributed by atoms with Crippen LogP contribution in [-0.2, 0) is 26.2 Å². The van der Waals surface area contributed by atoms with Crippen LogP contribution >= 0.6 is 0 Å². The van der Waals surface area contributed by atoms with Gasteiger partial charge in [-0.3, -0.25) is 14.9 Å². The van der Waals surface area contributed by atoms with Gasteiger partial charge in [-0.15, -0.1) is 0 Å². The van der Waals surface area contributed by atoms with Crippen molar-refractivity contribution in [2.45, 2.75) is 92.4 Å². The normalized spacial score (nSPS) is 12.1. The lowest BCUT2D eigenvalue weighted by Gasteiger charge is -2.22. The second kappa shape index (κ2) is 13.5. The predicted molar refractivity (Wildman–Crippen MR) is 186 cm³/mol. The van der Waals surface area contributed by atoms with Crippen molar-refractivity contribution in [2.24, 2.45) is 5.73 Å². The molecule has 4 heterocycles. The van der Waals surface area contributed by atoms with E-state index in [1.54, 1.807) is 0 Å². The number of para-hydroxylation sites is 2. The van der Waals surface area contributed by atoms with Crippen LogP contribution in [0.4, 0.5) is 0 Å². The second-order valence-corrected chi connectivity index (χ2v) is 12.4. The van der Waals surface area contributed by atoms with Crippen LogP contribution in [0.5, 0.6) is 0 Å². The topological polar surface area (TPSA) is 64.9 Å². The van der Waals surface area contributed by atoms with Crippen molar-refractivity contribution < 1.29 is 0 Å². The van der Waals surface area contributed by atoms with Gasteiger partial charge >= 0.3 is 0 Å².